The lowest BCUT2D eigenvalue weighted by molar-refractivity contribution is 0.495. The van der Waals surface area contributed by atoms with E-state index in [0.717, 1.165) is 31.0 Å². The summed E-state index contributed by atoms with van der Waals surface area (Å²) in [5.74, 6) is 0.920. The summed E-state index contributed by atoms with van der Waals surface area (Å²) in [6.45, 7) is 6.02. The molecule has 0 spiro atoms. The molecule has 0 aliphatic carbocycles. The van der Waals surface area contributed by atoms with Gasteiger partial charge in [0.1, 0.15) is 0 Å². The Hall–Kier alpha value is -2.51. The molecule has 4 rings (SSSR count). The zero-order valence-corrected chi connectivity index (χ0v) is 12.7. The van der Waals surface area contributed by atoms with Crippen LogP contribution in [0.2, 0.25) is 0 Å². The maximum absolute atomic E-state index is 4.58. The predicted octanol–water partition coefficient (Wildman–Crippen LogP) is 1.00. The molecule has 1 aliphatic rings. The third kappa shape index (κ3) is 2.20. The van der Waals surface area contributed by atoms with Crippen LogP contribution in [0.4, 0.5) is 5.82 Å². The Bertz CT molecular complexity index is 804. The smallest absolute Gasteiger partial charge is 0.200 e. The summed E-state index contributed by atoms with van der Waals surface area (Å²) < 4.78 is 3.57. The van der Waals surface area contributed by atoms with Crippen LogP contribution in [0.3, 0.4) is 0 Å². The van der Waals surface area contributed by atoms with E-state index < -0.39 is 0 Å². The van der Waals surface area contributed by atoms with Crippen molar-refractivity contribution in [2.75, 3.05) is 11.4 Å². The monoisotopic (exact) mass is 298 g/mol. The number of hydrogen-bond donors (Lipinski definition) is 0. The van der Waals surface area contributed by atoms with Gasteiger partial charge < -0.3 is 4.90 Å². The molecule has 22 heavy (non-hydrogen) atoms. The minimum absolute atomic E-state index is 0.402. The van der Waals surface area contributed by atoms with Gasteiger partial charge in [-0.1, -0.05) is 0 Å². The first-order chi connectivity index (χ1) is 10.7. The van der Waals surface area contributed by atoms with E-state index in [0.29, 0.717) is 11.7 Å². The highest BCUT2D eigenvalue weighted by molar-refractivity contribution is 5.45. The van der Waals surface area contributed by atoms with Gasteiger partial charge >= 0.3 is 0 Å². The highest BCUT2D eigenvalue weighted by Gasteiger charge is 2.27. The first-order valence-corrected chi connectivity index (χ1v) is 7.54. The number of rotatable bonds is 3. The van der Waals surface area contributed by atoms with Crippen LogP contribution in [-0.2, 0) is 6.54 Å². The van der Waals surface area contributed by atoms with Crippen LogP contribution in [0, 0.1) is 13.8 Å². The molecular weight excluding hydrogens is 280 g/mol. The molecule has 3 aromatic heterocycles. The third-order valence-corrected chi connectivity index (χ3v) is 4.21. The fourth-order valence-corrected chi connectivity index (χ4v) is 3.18. The summed E-state index contributed by atoms with van der Waals surface area (Å²) in [7, 11) is 0. The number of anilines is 1. The van der Waals surface area contributed by atoms with Crippen molar-refractivity contribution in [3.8, 4) is 0 Å². The average Bonchev–Trinajstić information content (AvgIpc) is 3.19. The first kappa shape index (κ1) is 13.2. The van der Waals surface area contributed by atoms with Crippen LogP contribution in [0.15, 0.2) is 18.2 Å². The molecule has 0 saturated carbocycles. The molecule has 1 fully saturated rings. The van der Waals surface area contributed by atoms with Crippen LogP contribution in [0.1, 0.15) is 24.2 Å². The first-order valence-electron chi connectivity index (χ1n) is 7.54. The Morgan fingerprint density at radius 1 is 1.23 bits per heavy atom. The normalized spacial score (nSPS) is 18.5. The van der Waals surface area contributed by atoms with Crippen LogP contribution in [0.5, 0.6) is 0 Å². The Balaban J connectivity index is 1.61. The maximum atomic E-state index is 4.58. The van der Waals surface area contributed by atoms with Gasteiger partial charge in [-0.25, -0.2) is 0 Å². The second-order valence-electron chi connectivity index (χ2n) is 5.82. The lowest BCUT2D eigenvalue weighted by Crippen LogP contribution is -2.34. The Kier molecular flexibility index (Phi) is 3.02. The molecule has 114 valence electrons. The molecule has 0 amide bonds. The van der Waals surface area contributed by atoms with E-state index >= 15 is 0 Å². The molecule has 0 bridgehead atoms. The van der Waals surface area contributed by atoms with Crippen LogP contribution >= 0.6 is 0 Å². The number of tetrazole rings is 1. The molecule has 4 heterocycles. The zero-order valence-electron chi connectivity index (χ0n) is 12.7. The lowest BCUT2D eigenvalue weighted by atomic mass is 10.2. The summed E-state index contributed by atoms with van der Waals surface area (Å²) in [6, 6.07) is 6.41. The molecule has 8 heteroatoms. The summed E-state index contributed by atoms with van der Waals surface area (Å²) in [6.07, 6.45) is 2.31. The molecule has 1 aliphatic heterocycles. The van der Waals surface area contributed by atoms with Crippen molar-refractivity contribution in [2.24, 2.45) is 0 Å². The van der Waals surface area contributed by atoms with E-state index in [9.17, 15) is 0 Å². The van der Waals surface area contributed by atoms with Gasteiger partial charge in [-0.2, -0.15) is 5.10 Å². The largest absolute Gasteiger partial charge is 0.350 e. The fraction of sp³-hybridized carbons (Fsp3) is 0.500. The van der Waals surface area contributed by atoms with E-state index in [1.165, 1.54) is 16.7 Å². The topological polar surface area (TPSA) is 77.0 Å². The molecule has 8 nitrogen and oxygen atoms in total. The molecular formula is C14H18N8. The second kappa shape index (κ2) is 5.04. The molecule has 1 saturated heterocycles. The molecule has 0 N–H and O–H groups in total. The van der Waals surface area contributed by atoms with Gasteiger partial charge in [0.05, 0.1) is 18.3 Å². The van der Waals surface area contributed by atoms with Gasteiger partial charge in [0.25, 0.3) is 0 Å². The van der Waals surface area contributed by atoms with Gasteiger partial charge in [-0.3, -0.25) is 4.68 Å². The van der Waals surface area contributed by atoms with Gasteiger partial charge in [0, 0.05) is 12.2 Å². The fourth-order valence-electron chi connectivity index (χ4n) is 3.18. The molecule has 0 unspecified atom stereocenters. The molecule has 3 aromatic rings. The van der Waals surface area contributed by atoms with E-state index in [1.807, 2.05) is 19.1 Å². The number of aromatic nitrogens is 7. The van der Waals surface area contributed by atoms with Crippen molar-refractivity contribution in [3.05, 3.63) is 29.6 Å². The van der Waals surface area contributed by atoms with Crippen molar-refractivity contribution >= 4 is 11.5 Å². The average molecular weight is 298 g/mol. The number of aryl methyl sites for hydroxylation is 2. The van der Waals surface area contributed by atoms with Crippen molar-refractivity contribution in [2.45, 2.75) is 39.3 Å². The van der Waals surface area contributed by atoms with Crippen molar-refractivity contribution < 1.29 is 0 Å². The molecule has 0 radical (unpaired) electrons. The van der Waals surface area contributed by atoms with Crippen molar-refractivity contribution in [3.63, 3.8) is 0 Å². The van der Waals surface area contributed by atoms with Gasteiger partial charge in [0.15, 0.2) is 11.5 Å². The SMILES string of the molecule is Cc1cc(C)n(C[C@@H]2CCCN2c2ccc3nnnn3n2)n1. The van der Waals surface area contributed by atoms with Crippen LogP contribution in [0.25, 0.3) is 5.65 Å². The van der Waals surface area contributed by atoms with Crippen molar-refractivity contribution in [1.82, 2.24) is 35.0 Å². The Morgan fingerprint density at radius 2 is 2.14 bits per heavy atom. The summed E-state index contributed by atoms with van der Waals surface area (Å²) in [5.41, 5.74) is 2.93. The Morgan fingerprint density at radius 3 is 2.95 bits per heavy atom. The predicted molar refractivity (Wildman–Crippen MR) is 80.6 cm³/mol. The highest BCUT2D eigenvalue weighted by atomic mass is 15.6. The lowest BCUT2D eigenvalue weighted by Gasteiger charge is -2.25. The number of nitrogens with zero attached hydrogens (tertiary/aromatic N) is 8. The Labute approximate surface area is 127 Å². The minimum atomic E-state index is 0.402. The molecule has 0 aromatic carbocycles. The van der Waals surface area contributed by atoms with E-state index in [1.54, 1.807) is 0 Å². The summed E-state index contributed by atoms with van der Waals surface area (Å²) >= 11 is 0. The van der Waals surface area contributed by atoms with E-state index in [-0.39, 0.29) is 0 Å². The highest BCUT2D eigenvalue weighted by Crippen LogP contribution is 2.25. The van der Waals surface area contributed by atoms with Gasteiger partial charge in [0.2, 0.25) is 0 Å². The third-order valence-electron chi connectivity index (χ3n) is 4.21. The van der Waals surface area contributed by atoms with Gasteiger partial charge in [-0.05, 0) is 55.3 Å². The van der Waals surface area contributed by atoms with E-state index in [2.05, 4.69) is 48.3 Å². The maximum Gasteiger partial charge on any atom is 0.200 e. The number of fused-ring (bicyclic) bond motifs is 1. The van der Waals surface area contributed by atoms with Gasteiger partial charge in [-0.15, -0.1) is 14.8 Å². The quantitative estimate of drug-likeness (QED) is 0.718. The zero-order chi connectivity index (χ0) is 15.1. The van der Waals surface area contributed by atoms with Crippen LogP contribution < -0.4 is 4.90 Å². The minimum Gasteiger partial charge on any atom is -0.350 e. The second-order valence-corrected chi connectivity index (χ2v) is 5.82. The van der Waals surface area contributed by atoms with E-state index in [4.69, 9.17) is 0 Å². The molecule has 1 atom stereocenters. The number of hydrogen-bond acceptors (Lipinski definition) is 6. The summed E-state index contributed by atoms with van der Waals surface area (Å²) in [5, 5.41) is 20.5. The van der Waals surface area contributed by atoms with Crippen LogP contribution in [-0.4, -0.2) is 47.6 Å². The summed E-state index contributed by atoms with van der Waals surface area (Å²) in [4.78, 5) is 2.33. The standard InChI is InChI=1S/C14H18N8/c1-10-8-11(2)21(16-10)9-12-4-3-7-20(12)14-6-5-13-15-18-19-22(13)17-14/h5-6,8,12H,3-4,7,9H2,1-2H3/t12-/m0/s1. The van der Waals surface area contributed by atoms with Crippen molar-refractivity contribution in [1.29, 1.82) is 0 Å².